The van der Waals surface area contributed by atoms with Crippen molar-refractivity contribution in [1.29, 1.82) is 0 Å². The molecule has 0 saturated heterocycles. The molecule has 8 heteroatoms. The molecule has 0 bridgehead atoms. The fourth-order valence-electron chi connectivity index (χ4n) is 2.79. The maximum atomic E-state index is 12.5. The van der Waals surface area contributed by atoms with Crippen LogP contribution in [0.1, 0.15) is 27.4 Å². The highest BCUT2D eigenvalue weighted by molar-refractivity contribution is 6.04. The van der Waals surface area contributed by atoms with Gasteiger partial charge in [0.25, 0.3) is 5.91 Å². The molecule has 26 heavy (non-hydrogen) atoms. The molecular formula is C18H18N4O4. The number of hydrogen-bond donors (Lipinski definition) is 1. The minimum atomic E-state index is -0.237. The smallest absolute Gasteiger partial charge is 0.255 e. The zero-order valence-corrected chi connectivity index (χ0v) is 14.5. The van der Waals surface area contributed by atoms with Crippen LogP contribution in [0, 0.1) is 13.8 Å². The van der Waals surface area contributed by atoms with Crippen molar-refractivity contribution in [3.8, 4) is 11.5 Å². The highest BCUT2D eigenvalue weighted by Gasteiger charge is 2.16. The van der Waals surface area contributed by atoms with Gasteiger partial charge in [-0.25, -0.2) is 0 Å². The summed E-state index contributed by atoms with van der Waals surface area (Å²) in [6.07, 6.45) is 3.37. The minimum absolute atomic E-state index is 0.237. The first-order valence-electron chi connectivity index (χ1n) is 8.25. The average Bonchev–Trinajstić information content (AvgIpc) is 3.22. The Morgan fingerprint density at radius 1 is 1.23 bits per heavy atom. The molecule has 0 atom stereocenters. The molecule has 0 unspecified atom stereocenters. The summed E-state index contributed by atoms with van der Waals surface area (Å²) in [6, 6.07) is 5.12. The maximum Gasteiger partial charge on any atom is 0.255 e. The minimum Gasteiger partial charge on any atom is -0.486 e. The zero-order chi connectivity index (χ0) is 18.1. The van der Waals surface area contributed by atoms with Gasteiger partial charge in [-0.15, -0.1) is 0 Å². The van der Waals surface area contributed by atoms with Crippen molar-refractivity contribution in [2.75, 3.05) is 18.5 Å². The normalized spacial score (nSPS) is 12.8. The number of amides is 1. The van der Waals surface area contributed by atoms with Gasteiger partial charge in [0, 0.05) is 17.3 Å². The number of nitrogens with zero attached hydrogens (tertiary/aromatic N) is 3. The number of hydrogen-bond acceptors (Lipinski definition) is 6. The summed E-state index contributed by atoms with van der Waals surface area (Å²) in [7, 11) is 0. The van der Waals surface area contributed by atoms with Crippen LogP contribution in [-0.2, 0) is 6.54 Å². The predicted molar refractivity (Wildman–Crippen MR) is 92.7 cm³/mol. The van der Waals surface area contributed by atoms with E-state index in [9.17, 15) is 4.79 Å². The van der Waals surface area contributed by atoms with E-state index in [2.05, 4.69) is 15.6 Å². The Morgan fingerprint density at radius 2 is 2.04 bits per heavy atom. The Hall–Kier alpha value is -3.29. The zero-order valence-electron chi connectivity index (χ0n) is 14.5. The van der Waals surface area contributed by atoms with Crippen LogP contribution in [-0.4, -0.2) is 34.1 Å². The number of carbonyl (C=O) groups is 1. The Kier molecular flexibility index (Phi) is 4.08. The molecule has 8 nitrogen and oxygen atoms in total. The second-order valence-electron chi connectivity index (χ2n) is 6.04. The number of aryl methyl sites for hydroxylation is 2. The topological polar surface area (TPSA) is 91.4 Å². The third-order valence-corrected chi connectivity index (χ3v) is 4.20. The van der Waals surface area contributed by atoms with Gasteiger partial charge in [0.2, 0.25) is 0 Å². The molecule has 2 aromatic heterocycles. The van der Waals surface area contributed by atoms with Gasteiger partial charge in [0.1, 0.15) is 19.0 Å². The number of nitrogens with one attached hydrogen (secondary N) is 1. The molecule has 4 rings (SSSR count). The van der Waals surface area contributed by atoms with E-state index in [1.807, 2.05) is 13.8 Å². The molecule has 134 valence electrons. The van der Waals surface area contributed by atoms with Crippen LogP contribution >= 0.6 is 0 Å². The first kappa shape index (κ1) is 16.2. The lowest BCUT2D eigenvalue weighted by Crippen LogP contribution is -2.17. The van der Waals surface area contributed by atoms with E-state index in [0.29, 0.717) is 42.5 Å². The van der Waals surface area contributed by atoms with Gasteiger partial charge in [-0.3, -0.25) is 9.48 Å². The van der Waals surface area contributed by atoms with E-state index in [4.69, 9.17) is 14.0 Å². The summed E-state index contributed by atoms with van der Waals surface area (Å²) in [4.78, 5) is 12.5. The van der Waals surface area contributed by atoms with Crippen LogP contribution in [0.15, 0.2) is 35.1 Å². The fourth-order valence-corrected chi connectivity index (χ4v) is 2.79. The third kappa shape index (κ3) is 3.13. The molecule has 0 radical (unpaired) electrons. The van der Waals surface area contributed by atoms with Gasteiger partial charge in [-0.2, -0.15) is 5.10 Å². The van der Waals surface area contributed by atoms with E-state index in [0.717, 1.165) is 17.0 Å². The lowest BCUT2D eigenvalue weighted by atomic mass is 10.2. The van der Waals surface area contributed by atoms with Gasteiger partial charge < -0.3 is 19.3 Å². The van der Waals surface area contributed by atoms with Crippen molar-refractivity contribution in [1.82, 2.24) is 14.9 Å². The van der Waals surface area contributed by atoms with Crippen molar-refractivity contribution in [3.05, 3.63) is 53.2 Å². The van der Waals surface area contributed by atoms with Crippen molar-refractivity contribution >= 4 is 11.6 Å². The number of anilines is 1. The molecule has 0 fully saturated rings. The number of benzene rings is 1. The summed E-state index contributed by atoms with van der Waals surface area (Å²) in [5.41, 5.74) is 2.92. The van der Waals surface area contributed by atoms with E-state index in [-0.39, 0.29) is 5.91 Å². The monoisotopic (exact) mass is 354 g/mol. The standard InChI is InChI=1S/C18H18N4O4/c1-11-15(12(2)26-21-11)10-22-9-14(8-19-22)20-18(23)13-3-4-16-17(7-13)25-6-5-24-16/h3-4,7-9H,5-6,10H2,1-2H3,(H,20,23). The van der Waals surface area contributed by atoms with E-state index in [1.165, 1.54) is 0 Å². The first-order valence-corrected chi connectivity index (χ1v) is 8.25. The lowest BCUT2D eigenvalue weighted by Gasteiger charge is -2.18. The molecule has 3 aromatic rings. The van der Waals surface area contributed by atoms with Crippen molar-refractivity contribution in [2.45, 2.75) is 20.4 Å². The summed E-state index contributed by atoms with van der Waals surface area (Å²) in [6.45, 7) is 5.28. The first-order chi connectivity index (χ1) is 12.6. The van der Waals surface area contributed by atoms with Gasteiger partial charge in [-0.05, 0) is 32.0 Å². The Labute approximate surface area is 149 Å². The van der Waals surface area contributed by atoms with Crippen LogP contribution in [0.3, 0.4) is 0 Å². The maximum absolute atomic E-state index is 12.5. The SMILES string of the molecule is Cc1noc(C)c1Cn1cc(NC(=O)c2ccc3c(c2)OCCO3)cn1. The van der Waals surface area contributed by atoms with Gasteiger partial charge in [0.15, 0.2) is 11.5 Å². The van der Waals surface area contributed by atoms with Gasteiger partial charge >= 0.3 is 0 Å². The molecule has 0 aliphatic carbocycles. The van der Waals surface area contributed by atoms with E-state index < -0.39 is 0 Å². The highest BCUT2D eigenvalue weighted by Crippen LogP contribution is 2.31. The molecule has 0 saturated carbocycles. The molecule has 1 aliphatic heterocycles. The number of carbonyl (C=O) groups excluding carboxylic acids is 1. The Morgan fingerprint density at radius 3 is 2.81 bits per heavy atom. The predicted octanol–water partition coefficient (Wildman–Crippen LogP) is 2.56. The summed E-state index contributed by atoms with van der Waals surface area (Å²) in [5, 5.41) is 11.0. The van der Waals surface area contributed by atoms with E-state index in [1.54, 1.807) is 35.3 Å². The van der Waals surface area contributed by atoms with Crippen LogP contribution in [0.4, 0.5) is 5.69 Å². The second-order valence-corrected chi connectivity index (χ2v) is 6.04. The molecule has 1 aromatic carbocycles. The molecule has 1 aliphatic rings. The van der Waals surface area contributed by atoms with Crippen molar-refractivity contribution < 1.29 is 18.8 Å². The molecule has 0 spiro atoms. The number of aromatic nitrogens is 3. The van der Waals surface area contributed by atoms with E-state index >= 15 is 0 Å². The number of ether oxygens (including phenoxy) is 2. The third-order valence-electron chi connectivity index (χ3n) is 4.20. The van der Waals surface area contributed by atoms with Gasteiger partial charge in [0.05, 0.1) is 24.1 Å². The van der Waals surface area contributed by atoms with Crippen LogP contribution in [0.2, 0.25) is 0 Å². The number of fused-ring (bicyclic) bond motifs is 1. The molecule has 3 heterocycles. The van der Waals surface area contributed by atoms with Crippen molar-refractivity contribution in [2.24, 2.45) is 0 Å². The van der Waals surface area contributed by atoms with Gasteiger partial charge in [-0.1, -0.05) is 5.16 Å². The van der Waals surface area contributed by atoms with Crippen LogP contribution in [0.25, 0.3) is 0 Å². The summed E-state index contributed by atoms with van der Waals surface area (Å²) >= 11 is 0. The summed E-state index contributed by atoms with van der Waals surface area (Å²) < 4.78 is 17.9. The largest absolute Gasteiger partial charge is 0.486 e. The average molecular weight is 354 g/mol. The second kappa shape index (κ2) is 6.55. The quantitative estimate of drug-likeness (QED) is 0.774. The Balaban J connectivity index is 1.46. The van der Waals surface area contributed by atoms with Crippen molar-refractivity contribution in [3.63, 3.8) is 0 Å². The Bertz CT molecular complexity index is 941. The fraction of sp³-hybridized carbons (Fsp3) is 0.278. The molecular weight excluding hydrogens is 336 g/mol. The summed E-state index contributed by atoms with van der Waals surface area (Å²) in [5.74, 6) is 1.76. The molecule has 1 N–H and O–H groups in total. The number of rotatable bonds is 4. The van der Waals surface area contributed by atoms with Crippen LogP contribution in [0.5, 0.6) is 11.5 Å². The highest BCUT2D eigenvalue weighted by atomic mass is 16.6. The lowest BCUT2D eigenvalue weighted by molar-refractivity contribution is 0.102. The molecule has 1 amide bonds. The van der Waals surface area contributed by atoms with Crippen LogP contribution < -0.4 is 14.8 Å².